The molecule has 0 spiro atoms. The molecule has 1 aliphatic carbocycles. The Labute approximate surface area is 184 Å². The first-order valence-electron chi connectivity index (χ1n) is 11.2. The summed E-state index contributed by atoms with van der Waals surface area (Å²) in [5.41, 5.74) is 7.91. The van der Waals surface area contributed by atoms with Crippen LogP contribution in [-0.2, 0) is 11.2 Å². The van der Waals surface area contributed by atoms with E-state index in [-0.39, 0.29) is 5.91 Å². The molecule has 0 saturated carbocycles. The zero-order valence-corrected chi connectivity index (χ0v) is 17.8. The van der Waals surface area contributed by atoms with Crippen molar-refractivity contribution >= 4 is 23.1 Å². The summed E-state index contributed by atoms with van der Waals surface area (Å²) >= 11 is 0. The number of carbonyl (C=O) groups is 1. The second kappa shape index (κ2) is 8.77. The third-order valence-electron chi connectivity index (χ3n) is 6.35. The third-order valence-corrected chi connectivity index (χ3v) is 6.35. The van der Waals surface area contributed by atoms with Crippen LogP contribution in [0, 0.1) is 0 Å². The highest BCUT2D eigenvalue weighted by Crippen LogP contribution is 2.39. The number of hydrogen-bond acceptors (Lipinski definition) is 1. The predicted octanol–water partition coefficient (Wildman–Crippen LogP) is 6.25. The molecule has 1 fully saturated rings. The molecule has 1 aliphatic heterocycles. The van der Waals surface area contributed by atoms with Gasteiger partial charge in [-0.25, -0.2) is 0 Å². The van der Waals surface area contributed by atoms with Crippen molar-refractivity contribution < 1.29 is 4.79 Å². The van der Waals surface area contributed by atoms with Gasteiger partial charge in [-0.15, -0.1) is 0 Å². The smallest absolute Gasteiger partial charge is 0.255 e. The van der Waals surface area contributed by atoms with Gasteiger partial charge < -0.3 is 4.90 Å². The minimum atomic E-state index is 0.155. The van der Waals surface area contributed by atoms with E-state index in [0.29, 0.717) is 0 Å². The molecule has 2 heteroatoms. The van der Waals surface area contributed by atoms with E-state index in [4.69, 9.17) is 0 Å². The van der Waals surface area contributed by atoms with E-state index in [9.17, 15) is 4.79 Å². The maximum atomic E-state index is 13.9. The minimum Gasteiger partial charge on any atom is -0.339 e. The Bertz CT molecular complexity index is 1140. The zero-order chi connectivity index (χ0) is 21.0. The van der Waals surface area contributed by atoms with Gasteiger partial charge in [0.25, 0.3) is 5.91 Å². The molecule has 3 aromatic rings. The molecule has 1 heterocycles. The van der Waals surface area contributed by atoms with E-state index in [0.717, 1.165) is 61.0 Å². The fraction of sp³-hybridized carbons (Fsp3) is 0.207. The van der Waals surface area contributed by atoms with Crippen molar-refractivity contribution in [2.45, 2.75) is 25.7 Å². The van der Waals surface area contributed by atoms with Crippen molar-refractivity contribution in [3.63, 3.8) is 0 Å². The summed E-state index contributed by atoms with van der Waals surface area (Å²) in [6, 6.07) is 29.3. The maximum Gasteiger partial charge on any atom is 0.255 e. The van der Waals surface area contributed by atoms with E-state index >= 15 is 0 Å². The molecule has 0 unspecified atom stereocenters. The van der Waals surface area contributed by atoms with Crippen molar-refractivity contribution in [3.8, 4) is 0 Å². The quantitative estimate of drug-likeness (QED) is 0.371. The lowest BCUT2D eigenvalue weighted by molar-refractivity contribution is -0.123. The summed E-state index contributed by atoms with van der Waals surface area (Å²) in [6.07, 6.45) is 6.40. The number of carbonyl (C=O) groups excluding carboxylic acids is 1. The Balaban J connectivity index is 1.76. The van der Waals surface area contributed by atoms with E-state index in [1.54, 1.807) is 0 Å². The zero-order valence-electron chi connectivity index (χ0n) is 17.8. The van der Waals surface area contributed by atoms with Gasteiger partial charge in [-0.1, -0.05) is 91.0 Å². The van der Waals surface area contributed by atoms with Gasteiger partial charge in [-0.3, -0.25) is 4.79 Å². The second-order valence-corrected chi connectivity index (χ2v) is 8.35. The van der Waals surface area contributed by atoms with Gasteiger partial charge in [0.2, 0.25) is 0 Å². The standard InChI is InChI=1S/C29H27NO/c31-29(30-19-9-10-20-30)28(24-14-5-2-6-15-24)27(23-12-3-1-4-13-23)26-18-17-22-11-7-8-16-25(22)21-26/h1-8,11-16,21H,9-10,17-20H2/b28-27-. The Morgan fingerprint density at radius 1 is 0.677 bits per heavy atom. The molecule has 0 radical (unpaired) electrons. The van der Waals surface area contributed by atoms with Gasteiger partial charge in [0.15, 0.2) is 0 Å². The van der Waals surface area contributed by atoms with Crippen LogP contribution in [0.3, 0.4) is 0 Å². The lowest BCUT2D eigenvalue weighted by atomic mass is 9.82. The number of hydrogen-bond donors (Lipinski definition) is 0. The highest BCUT2D eigenvalue weighted by atomic mass is 16.2. The fourth-order valence-corrected chi connectivity index (χ4v) is 4.78. The largest absolute Gasteiger partial charge is 0.339 e. The first-order valence-corrected chi connectivity index (χ1v) is 11.2. The van der Waals surface area contributed by atoms with Crippen LogP contribution in [-0.4, -0.2) is 23.9 Å². The van der Waals surface area contributed by atoms with Crippen LogP contribution in [0.5, 0.6) is 0 Å². The number of amides is 1. The van der Waals surface area contributed by atoms with E-state index in [1.807, 2.05) is 29.2 Å². The summed E-state index contributed by atoms with van der Waals surface area (Å²) in [4.78, 5) is 15.9. The van der Waals surface area contributed by atoms with Gasteiger partial charge in [0.05, 0.1) is 5.57 Å². The lowest BCUT2D eigenvalue weighted by Crippen LogP contribution is -2.29. The predicted molar refractivity (Wildman–Crippen MR) is 128 cm³/mol. The SMILES string of the molecule is O=C(/C(=C(\C1=Cc2ccccc2CC1)c1ccccc1)c1ccccc1)N1CCCC1. The number of allylic oxidation sites excluding steroid dienone is 2. The Morgan fingerprint density at radius 2 is 1.29 bits per heavy atom. The highest BCUT2D eigenvalue weighted by Gasteiger charge is 2.28. The molecule has 2 nitrogen and oxygen atoms in total. The van der Waals surface area contributed by atoms with Gasteiger partial charge in [-0.05, 0) is 59.1 Å². The van der Waals surface area contributed by atoms with Crippen LogP contribution < -0.4 is 0 Å². The minimum absolute atomic E-state index is 0.155. The van der Waals surface area contributed by atoms with Crippen LogP contribution in [0.2, 0.25) is 0 Å². The number of rotatable bonds is 4. The van der Waals surface area contributed by atoms with Gasteiger partial charge >= 0.3 is 0 Å². The van der Waals surface area contributed by atoms with Gasteiger partial charge in [-0.2, -0.15) is 0 Å². The van der Waals surface area contributed by atoms with Crippen LogP contribution in [0.1, 0.15) is 41.5 Å². The molecule has 0 bridgehead atoms. The molecule has 3 aromatic carbocycles. The normalized spacial score (nSPS) is 16.4. The average Bonchev–Trinajstić information content (AvgIpc) is 3.38. The van der Waals surface area contributed by atoms with Crippen LogP contribution in [0.25, 0.3) is 17.2 Å². The summed E-state index contributed by atoms with van der Waals surface area (Å²) < 4.78 is 0. The summed E-state index contributed by atoms with van der Waals surface area (Å²) in [6.45, 7) is 1.69. The number of nitrogens with zero attached hydrogens (tertiary/aromatic N) is 1. The molecule has 154 valence electrons. The van der Waals surface area contributed by atoms with Gasteiger partial charge in [0, 0.05) is 13.1 Å². The van der Waals surface area contributed by atoms with Crippen LogP contribution in [0.15, 0.2) is 90.5 Å². The summed E-state index contributed by atoms with van der Waals surface area (Å²) in [7, 11) is 0. The molecule has 1 saturated heterocycles. The Hall–Kier alpha value is -3.39. The molecule has 0 N–H and O–H groups in total. The first-order chi connectivity index (χ1) is 15.3. The molecule has 0 atom stereocenters. The van der Waals surface area contributed by atoms with Crippen molar-refractivity contribution in [2.75, 3.05) is 13.1 Å². The van der Waals surface area contributed by atoms with Crippen molar-refractivity contribution in [1.82, 2.24) is 4.90 Å². The number of benzene rings is 3. The number of likely N-dealkylation sites (tertiary alicyclic amines) is 1. The van der Waals surface area contributed by atoms with Gasteiger partial charge in [0.1, 0.15) is 0 Å². The monoisotopic (exact) mass is 405 g/mol. The van der Waals surface area contributed by atoms with E-state index in [2.05, 4.69) is 66.7 Å². The maximum absolute atomic E-state index is 13.9. The van der Waals surface area contributed by atoms with Crippen molar-refractivity contribution in [3.05, 3.63) is 113 Å². The molecule has 31 heavy (non-hydrogen) atoms. The first kappa shape index (κ1) is 19.6. The number of aryl methyl sites for hydroxylation is 1. The lowest BCUT2D eigenvalue weighted by Gasteiger charge is -2.25. The summed E-state index contributed by atoms with van der Waals surface area (Å²) in [5, 5.41) is 0. The van der Waals surface area contributed by atoms with Crippen molar-refractivity contribution in [1.29, 1.82) is 0 Å². The fourth-order valence-electron chi connectivity index (χ4n) is 4.78. The van der Waals surface area contributed by atoms with Crippen molar-refractivity contribution in [2.24, 2.45) is 0 Å². The molecular weight excluding hydrogens is 378 g/mol. The highest BCUT2D eigenvalue weighted by molar-refractivity contribution is 6.29. The van der Waals surface area contributed by atoms with E-state index in [1.165, 1.54) is 16.7 Å². The topological polar surface area (TPSA) is 20.3 Å². The molecule has 2 aliphatic rings. The molecular formula is C29H27NO. The van der Waals surface area contributed by atoms with Crippen LogP contribution in [0.4, 0.5) is 0 Å². The summed E-state index contributed by atoms with van der Waals surface area (Å²) in [5.74, 6) is 0.155. The second-order valence-electron chi connectivity index (χ2n) is 8.35. The van der Waals surface area contributed by atoms with Crippen LogP contribution >= 0.6 is 0 Å². The average molecular weight is 406 g/mol. The Morgan fingerprint density at radius 3 is 2.00 bits per heavy atom. The number of fused-ring (bicyclic) bond motifs is 1. The third kappa shape index (κ3) is 3.98. The Kier molecular flexibility index (Phi) is 5.54. The molecule has 0 aromatic heterocycles. The van der Waals surface area contributed by atoms with E-state index < -0.39 is 0 Å². The molecule has 1 amide bonds. The molecule has 5 rings (SSSR count).